The molecule has 1 heterocycles. The molecule has 1 aromatic heterocycles. The maximum absolute atomic E-state index is 11.2. The van der Waals surface area contributed by atoms with Gasteiger partial charge in [-0.25, -0.2) is 9.78 Å². The van der Waals surface area contributed by atoms with Gasteiger partial charge in [0.2, 0.25) is 0 Å². The third-order valence-electron chi connectivity index (χ3n) is 2.91. The Bertz CT molecular complexity index is 642. The highest BCUT2D eigenvalue weighted by Gasteiger charge is 2.12. The van der Waals surface area contributed by atoms with Crippen molar-refractivity contribution in [3.8, 4) is 0 Å². The average molecular weight is 291 g/mol. The van der Waals surface area contributed by atoms with Gasteiger partial charge in [0.05, 0.1) is 0 Å². The summed E-state index contributed by atoms with van der Waals surface area (Å²) in [6.07, 6.45) is 0. The van der Waals surface area contributed by atoms with Gasteiger partial charge in [0, 0.05) is 5.69 Å². The Morgan fingerprint density at radius 2 is 2.05 bits per heavy atom. The lowest BCUT2D eigenvalue weighted by Gasteiger charge is -2.11. The molecule has 2 rings (SSSR count). The van der Waals surface area contributed by atoms with Crippen LogP contribution < -0.4 is 5.32 Å². The van der Waals surface area contributed by atoms with Crippen LogP contribution in [0.4, 0.5) is 11.5 Å². The standard InChI is InChI=1S/C15H15ClN2O2/c1-9(2)10-4-3-5-11(8-10)17-14-12(15(19)20)6-7-13(16)18-14/h3-9H,1-2H3,(H,17,18)(H,19,20). The molecule has 0 atom stereocenters. The summed E-state index contributed by atoms with van der Waals surface area (Å²) in [6.45, 7) is 4.19. The summed E-state index contributed by atoms with van der Waals surface area (Å²) in [5.74, 6) is -0.411. The van der Waals surface area contributed by atoms with Crippen LogP contribution in [0.2, 0.25) is 5.15 Å². The van der Waals surface area contributed by atoms with E-state index in [0.717, 1.165) is 11.3 Å². The number of carboxylic acids is 1. The summed E-state index contributed by atoms with van der Waals surface area (Å²) in [7, 11) is 0. The van der Waals surface area contributed by atoms with Crippen molar-refractivity contribution in [1.82, 2.24) is 4.98 Å². The molecule has 2 N–H and O–H groups in total. The van der Waals surface area contributed by atoms with Crippen molar-refractivity contribution in [2.75, 3.05) is 5.32 Å². The molecule has 0 spiro atoms. The van der Waals surface area contributed by atoms with Crippen LogP contribution in [-0.2, 0) is 0 Å². The lowest BCUT2D eigenvalue weighted by atomic mass is 10.0. The van der Waals surface area contributed by atoms with Gasteiger partial charge >= 0.3 is 5.97 Å². The monoisotopic (exact) mass is 290 g/mol. The van der Waals surface area contributed by atoms with Gasteiger partial charge in [-0.1, -0.05) is 37.6 Å². The van der Waals surface area contributed by atoms with E-state index >= 15 is 0 Å². The molecule has 0 fully saturated rings. The van der Waals surface area contributed by atoms with Gasteiger partial charge in [-0.2, -0.15) is 0 Å². The first kappa shape index (κ1) is 14.3. The first-order chi connectivity index (χ1) is 9.47. The topological polar surface area (TPSA) is 62.2 Å². The molecule has 0 saturated carbocycles. The highest BCUT2D eigenvalue weighted by molar-refractivity contribution is 6.29. The van der Waals surface area contributed by atoms with Crippen molar-refractivity contribution in [2.24, 2.45) is 0 Å². The van der Waals surface area contributed by atoms with E-state index in [9.17, 15) is 4.79 Å². The Kier molecular flexibility index (Phi) is 4.25. The quantitative estimate of drug-likeness (QED) is 0.824. The van der Waals surface area contributed by atoms with Crippen LogP contribution in [0.5, 0.6) is 0 Å². The van der Waals surface area contributed by atoms with E-state index in [-0.39, 0.29) is 16.5 Å². The minimum Gasteiger partial charge on any atom is -0.478 e. The molecular formula is C15H15ClN2O2. The Balaban J connectivity index is 2.36. The second kappa shape index (κ2) is 5.92. The average Bonchev–Trinajstić information content (AvgIpc) is 2.38. The predicted octanol–water partition coefficient (Wildman–Crippen LogP) is 4.30. The summed E-state index contributed by atoms with van der Waals surface area (Å²) in [4.78, 5) is 15.2. The predicted molar refractivity (Wildman–Crippen MR) is 80.0 cm³/mol. The van der Waals surface area contributed by atoms with Crippen molar-refractivity contribution in [1.29, 1.82) is 0 Å². The number of carboxylic acid groups (broad SMARTS) is 1. The van der Waals surface area contributed by atoms with Crippen LogP contribution in [0.1, 0.15) is 35.7 Å². The minimum atomic E-state index is -1.04. The maximum atomic E-state index is 11.2. The van der Waals surface area contributed by atoms with Crippen molar-refractivity contribution in [3.63, 3.8) is 0 Å². The summed E-state index contributed by atoms with van der Waals surface area (Å²) in [6, 6.07) is 10.7. The molecule has 0 aliphatic rings. The molecule has 5 heteroatoms. The van der Waals surface area contributed by atoms with Gasteiger partial charge in [0.25, 0.3) is 0 Å². The van der Waals surface area contributed by atoms with Gasteiger partial charge in [0.1, 0.15) is 16.5 Å². The number of hydrogen-bond acceptors (Lipinski definition) is 3. The van der Waals surface area contributed by atoms with Crippen molar-refractivity contribution in [3.05, 3.63) is 52.7 Å². The number of halogens is 1. The lowest BCUT2D eigenvalue weighted by molar-refractivity contribution is 0.0697. The van der Waals surface area contributed by atoms with Crippen LogP contribution >= 0.6 is 11.6 Å². The zero-order valence-corrected chi connectivity index (χ0v) is 12.0. The molecule has 0 saturated heterocycles. The number of pyridine rings is 1. The highest BCUT2D eigenvalue weighted by atomic mass is 35.5. The molecule has 0 radical (unpaired) electrons. The number of aromatic carboxylic acids is 1. The number of aromatic nitrogens is 1. The number of anilines is 2. The van der Waals surface area contributed by atoms with E-state index in [1.807, 2.05) is 24.3 Å². The molecule has 0 bridgehead atoms. The maximum Gasteiger partial charge on any atom is 0.339 e. The molecule has 2 aromatic rings. The smallest absolute Gasteiger partial charge is 0.339 e. The fourth-order valence-corrected chi connectivity index (χ4v) is 1.96. The summed E-state index contributed by atoms with van der Waals surface area (Å²) in [5.41, 5.74) is 2.03. The molecular weight excluding hydrogens is 276 g/mol. The normalized spacial score (nSPS) is 10.6. The molecule has 1 aromatic carbocycles. The van der Waals surface area contributed by atoms with E-state index in [0.29, 0.717) is 5.92 Å². The zero-order valence-electron chi connectivity index (χ0n) is 11.2. The van der Waals surface area contributed by atoms with Gasteiger partial charge in [-0.05, 0) is 35.7 Å². The van der Waals surface area contributed by atoms with Crippen LogP contribution in [0.15, 0.2) is 36.4 Å². The molecule has 0 unspecified atom stereocenters. The SMILES string of the molecule is CC(C)c1cccc(Nc2nc(Cl)ccc2C(=O)O)c1. The largest absolute Gasteiger partial charge is 0.478 e. The summed E-state index contributed by atoms with van der Waals surface area (Å²) >= 11 is 5.83. The van der Waals surface area contributed by atoms with Crippen molar-refractivity contribution >= 4 is 29.1 Å². The first-order valence-electron chi connectivity index (χ1n) is 6.24. The molecule has 0 aliphatic heterocycles. The fraction of sp³-hybridized carbons (Fsp3) is 0.200. The number of rotatable bonds is 4. The Morgan fingerprint density at radius 3 is 2.70 bits per heavy atom. The molecule has 0 amide bonds. The van der Waals surface area contributed by atoms with E-state index in [1.54, 1.807) is 0 Å². The van der Waals surface area contributed by atoms with E-state index in [1.165, 1.54) is 12.1 Å². The lowest BCUT2D eigenvalue weighted by Crippen LogP contribution is -2.05. The first-order valence-corrected chi connectivity index (χ1v) is 6.62. The second-order valence-electron chi connectivity index (χ2n) is 4.74. The fourth-order valence-electron chi connectivity index (χ4n) is 1.82. The Morgan fingerprint density at radius 1 is 1.30 bits per heavy atom. The van der Waals surface area contributed by atoms with Crippen molar-refractivity contribution < 1.29 is 9.90 Å². The number of benzene rings is 1. The molecule has 20 heavy (non-hydrogen) atoms. The molecule has 0 aliphatic carbocycles. The van der Waals surface area contributed by atoms with E-state index in [4.69, 9.17) is 16.7 Å². The van der Waals surface area contributed by atoms with Gasteiger partial charge in [-0.3, -0.25) is 0 Å². The summed E-state index contributed by atoms with van der Waals surface area (Å²) < 4.78 is 0. The van der Waals surface area contributed by atoms with Crippen LogP contribution in [-0.4, -0.2) is 16.1 Å². The highest BCUT2D eigenvalue weighted by Crippen LogP contribution is 2.24. The minimum absolute atomic E-state index is 0.0874. The van der Waals surface area contributed by atoms with Crippen LogP contribution in [0.25, 0.3) is 0 Å². The molecule has 104 valence electrons. The van der Waals surface area contributed by atoms with E-state index < -0.39 is 5.97 Å². The number of carbonyl (C=O) groups is 1. The van der Waals surface area contributed by atoms with Crippen LogP contribution in [0, 0.1) is 0 Å². The van der Waals surface area contributed by atoms with Crippen LogP contribution in [0.3, 0.4) is 0 Å². The third kappa shape index (κ3) is 3.27. The number of nitrogens with one attached hydrogen (secondary N) is 1. The molecule has 4 nitrogen and oxygen atoms in total. The van der Waals surface area contributed by atoms with Gasteiger partial charge in [0.15, 0.2) is 0 Å². The second-order valence-corrected chi connectivity index (χ2v) is 5.13. The zero-order chi connectivity index (χ0) is 14.7. The third-order valence-corrected chi connectivity index (χ3v) is 3.12. The Hall–Kier alpha value is -2.07. The number of nitrogens with zero attached hydrogens (tertiary/aromatic N) is 1. The Labute approximate surface area is 122 Å². The van der Waals surface area contributed by atoms with E-state index in [2.05, 4.69) is 24.1 Å². The summed E-state index contributed by atoms with van der Waals surface area (Å²) in [5, 5.41) is 12.4. The van der Waals surface area contributed by atoms with Gasteiger partial charge < -0.3 is 10.4 Å². The van der Waals surface area contributed by atoms with Gasteiger partial charge in [-0.15, -0.1) is 0 Å². The van der Waals surface area contributed by atoms with Crippen molar-refractivity contribution in [2.45, 2.75) is 19.8 Å². The number of hydrogen-bond donors (Lipinski definition) is 2.